The van der Waals surface area contributed by atoms with Gasteiger partial charge in [-0.3, -0.25) is 5.32 Å². The first kappa shape index (κ1) is 20.1. The maximum absolute atomic E-state index is 13.3. The number of nitrogens with zero attached hydrogens (tertiary/aromatic N) is 3. The molecule has 7 nitrogen and oxygen atoms in total. The van der Waals surface area contributed by atoms with Gasteiger partial charge in [0.05, 0.1) is 5.56 Å². The fourth-order valence-electron chi connectivity index (χ4n) is 4.60. The predicted octanol–water partition coefficient (Wildman–Crippen LogP) is 3.85. The summed E-state index contributed by atoms with van der Waals surface area (Å²) in [5.74, 6) is -1.43. The van der Waals surface area contributed by atoms with Gasteiger partial charge in [-0.25, -0.2) is 19.6 Å². The second-order valence-corrected chi connectivity index (χ2v) is 7.67. The molecule has 2 fully saturated rings. The molecule has 2 heterocycles. The van der Waals surface area contributed by atoms with Crippen LogP contribution >= 0.6 is 0 Å². The standard InChI is InChI=1S/C20H19F3N4O3/c21-20(22,23)15-4-2-1-3-14(15)11-7-12-9-27(10-13(12)8-11)19(30)26-17-16(18(28)29)24-5-6-25-17/h1-6,11-13H,7-10H2,(H,28,29)(H,25,26,30)/t11?,12-,13?/m0/s1. The van der Waals surface area contributed by atoms with Crippen molar-refractivity contribution in [1.82, 2.24) is 14.9 Å². The Bertz CT molecular complexity index is 968. The number of urea groups is 1. The number of fused-ring (bicyclic) bond motifs is 1. The highest BCUT2D eigenvalue weighted by atomic mass is 19.4. The van der Waals surface area contributed by atoms with Crippen LogP contribution in [0.15, 0.2) is 36.7 Å². The van der Waals surface area contributed by atoms with E-state index >= 15 is 0 Å². The van der Waals surface area contributed by atoms with Crippen LogP contribution in [0.5, 0.6) is 0 Å². The molecule has 1 aromatic heterocycles. The van der Waals surface area contributed by atoms with Gasteiger partial charge in [0.1, 0.15) is 0 Å². The Hall–Kier alpha value is -3.17. The molecule has 2 unspecified atom stereocenters. The van der Waals surface area contributed by atoms with E-state index < -0.39 is 23.7 Å². The number of carbonyl (C=O) groups excluding carboxylic acids is 1. The molecule has 0 radical (unpaired) electrons. The first-order valence-corrected chi connectivity index (χ1v) is 9.50. The van der Waals surface area contributed by atoms with Crippen molar-refractivity contribution in [1.29, 1.82) is 0 Å². The van der Waals surface area contributed by atoms with Gasteiger partial charge < -0.3 is 10.0 Å². The zero-order valence-electron chi connectivity index (χ0n) is 15.8. The lowest BCUT2D eigenvalue weighted by atomic mass is 9.91. The van der Waals surface area contributed by atoms with Crippen LogP contribution in [0.1, 0.15) is 40.4 Å². The highest BCUT2D eigenvalue weighted by molar-refractivity contribution is 5.97. The molecule has 2 aromatic rings. The maximum Gasteiger partial charge on any atom is 0.416 e. The summed E-state index contributed by atoms with van der Waals surface area (Å²) >= 11 is 0. The van der Waals surface area contributed by atoms with Gasteiger partial charge >= 0.3 is 18.2 Å². The molecule has 1 aromatic carbocycles. The lowest BCUT2D eigenvalue weighted by Gasteiger charge is -2.21. The molecule has 1 saturated heterocycles. The third kappa shape index (κ3) is 3.81. The van der Waals surface area contributed by atoms with Crippen LogP contribution in [0.4, 0.5) is 23.8 Å². The Balaban J connectivity index is 1.42. The summed E-state index contributed by atoms with van der Waals surface area (Å²) in [5.41, 5.74) is -0.622. The minimum Gasteiger partial charge on any atom is -0.476 e. The summed E-state index contributed by atoms with van der Waals surface area (Å²) in [4.78, 5) is 32.9. The van der Waals surface area contributed by atoms with Crippen molar-refractivity contribution in [3.05, 3.63) is 53.5 Å². The van der Waals surface area contributed by atoms with E-state index in [0.717, 1.165) is 6.07 Å². The van der Waals surface area contributed by atoms with Gasteiger partial charge in [-0.2, -0.15) is 13.2 Å². The van der Waals surface area contributed by atoms with Gasteiger partial charge in [0.15, 0.2) is 11.5 Å². The van der Waals surface area contributed by atoms with Gasteiger partial charge in [-0.15, -0.1) is 0 Å². The van der Waals surface area contributed by atoms with Crippen molar-refractivity contribution < 1.29 is 27.9 Å². The number of nitrogens with one attached hydrogen (secondary N) is 1. The molecule has 1 saturated carbocycles. The molecule has 10 heteroatoms. The van der Waals surface area contributed by atoms with Crippen molar-refractivity contribution in [2.45, 2.75) is 24.9 Å². The fraction of sp³-hybridized carbons (Fsp3) is 0.400. The summed E-state index contributed by atoms with van der Waals surface area (Å²) in [7, 11) is 0. The van der Waals surface area contributed by atoms with Crippen molar-refractivity contribution >= 4 is 17.8 Å². The van der Waals surface area contributed by atoms with Crippen molar-refractivity contribution in [3.63, 3.8) is 0 Å². The van der Waals surface area contributed by atoms with E-state index in [-0.39, 0.29) is 29.3 Å². The molecular formula is C20H19F3N4O3. The van der Waals surface area contributed by atoms with Crippen LogP contribution in [-0.4, -0.2) is 45.1 Å². The number of carboxylic acid groups (broad SMARTS) is 1. The van der Waals surface area contributed by atoms with Crippen molar-refractivity contribution in [2.24, 2.45) is 11.8 Å². The summed E-state index contributed by atoms with van der Waals surface area (Å²) in [5, 5.41) is 11.6. The van der Waals surface area contributed by atoms with E-state index in [9.17, 15) is 22.8 Å². The number of alkyl halides is 3. The minimum atomic E-state index is -4.39. The van der Waals surface area contributed by atoms with Gasteiger partial charge in [0.2, 0.25) is 0 Å². The zero-order valence-corrected chi connectivity index (χ0v) is 15.8. The van der Waals surface area contributed by atoms with E-state index in [0.29, 0.717) is 31.5 Å². The van der Waals surface area contributed by atoms with Crippen molar-refractivity contribution in [2.75, 3.05) is 18.4 Å². The van der Waals surface area contributed by atoms with E-state index in [1.54, 1.807) is 17.0 Å². The van der Waals surface area contributed by atoms with Gasteiger partial charge in [-0.05, 0) is 42.2 Å². The molecule has 1 aliphatic heterocycles. The van der Waals surface area contributed by atoms with Crippen LogP contribution in [0.25, 0.3) is 0 Å². The minimum absolute atomic E-state index is 0.0999. The summed E-state index contributed by atoms with van der Waals surface area (Å²) < 4.78 is 40.0. The molecule has 30 heavy (non-hydrogen) atoms. The van der Waals surface area contributed by atoms with Crippen LogP contribution < -0.4 is 5.32 Å². The number of anilines is 1. The number of likely N-dealkylation sites (tertiary alicyclic amines) is 1. The number of halogens is 3. The highest BCUT2D eigenvalue weighted by Crippen LogP contribution is 2.48. The smallest absolute Gasteiger partial charge is 0.416 e. The van der Waals surface area contributed by atoms with Crippen LogP contribution in [0, 0.1) is 11.8 Å². The second-order valence-electron chi connectivity index (χ2n) is 7.67. The number of hydrogen-bond acceptors (Lipinski definition) is 4. The predicted molar refractivity (Wildman–Crippen MR) is 100.0 cm³/mol. The Morgan fingerprint density at radius 1 is 1.07 bits per heavy atom. The van der Waals surface area contributed by atoms with Gasteiger partial charge in [0.25, 0.3) is 0 Å². The molecule has 2 N–H and O–H groups in total. The number of carboxylic acids is 1. The number of amides is 2. The first-order chi connectivity index (χ1) is 14.2. The van der Waals surface area contributed by atoms with Crippen LogP contribution in [-0.2, 0) is 6.18 Å². The Labute approximate surface area is 169 Å². The maximum atomic E-state index is 13.3. The Kier molecular flexibility index (Phi) is 5.08. The molecule has 0 bridgehead atoms. The number of benzene rings is 1. The molecule has 4 rings (SSSR count). The van der Waals surface area contributed by atoms with E-state index in [2.05, 4.69) is 15.3 Å². The normalized spacial score (nSPS) is 23.3. The molecule has 0 spiro atoms. The second kappa shape index (κ2) is 7.58. The molecular weight excluding hydrogens is 401 g/mol. The Morgan fingerprint density at radius 2 is 1.70 bits per heavy atom. The SMILES string of the molecule is O=C(O)c1nccnc1NC(=O)N1CC2CC(c3ccccc3C(F)(F)F)C[C@H]2C1. The number of carbonyl (C=O) groups is 2. The molecule has 1 aliphatic carbocycles. The summed E-state index contributed by atoms with van der Waals surface area (Å²) in [6, 6.07) is 5.19. The largest absolute Gasteiger partial charge is 0.476 e. The highest BCUT2D eigenvalue weighted by Gasteiger charge is 2.45. The first-order valence-electron chi connectivity index (χ1n) is 9.50. The zero-order chi connectivity index (χ0) is 21.5. The lowest BCUT2D eigenvalue weighted by Crippen LogP contribution is -2.34. The quantitative estimate of drug-likeness (QED) is 0.787. The summed E-state index contributed by atoms with van der Waals surface area (Å²) in [6.45, 7) is 0.813. The average molecular weight is 420 g/mol. The number of hydrogen-bond donors (Lipinski definition) is 2. The fourth-order valence-corrected chi connectivity index (χ4v) is 4.60. The van der Waals surface area contributed by atoms with Crippen LogP contribution in [0.3, 0.4) is 0 Å². The third-order valence-corrected chi connectivity index (χ3v) is 5.87. The van der Waals surface area contributed by atoms with E-state index in [1.807, 2.05) is 0 Å². The lowest BCUT2D eigenvalue weighted by molar-refractivity contribution is -0.138. The third-order valence-electron chi connectivity index (χ3n) is 5.87. The topological polar surface area (TPSA) is 95.4 Å². The monoisotopic (exact) mass is 420 g/mol. The summed E-state index contributed by atoms with van der Waals surface area (Å²) in [6.07, 6.45) is -0.735. The van der Waals surface area contributed by atoms with Gasteiger partial charge in [-0.1, -0.05) is 18.2 Å². The number of aromatic nitrogens is 2. The molecule has 2 aliphatic rings. The number of aromatic carboxylic acids is 1. The van der Waals surface area contributed by atoms with Gasteiger partial charge in [0, 0.05) is 25.5 Å². The van der Waals surface area contributed by atoms with E-state index in [1.165, 1.54) is 18.5 Å². The Morgan fingerprint density at radius 3 is 2.33 bits per heavy atom. The molecule has 3 atom stereocenters. The average Bonchev–Trinajstić information content (AvgIpc) is 3.27. The number of rotatable bonds is 3. The molecule has 158 valence electrons. The molecule has 2 amide bonds. The van der Waals surface area contributed by atoms with Crippen LogP contribution in [0.2, 0.25) is 0 Å². The van der Waals surface area contributed by atoms with Crippen molar-refractivity contribution in [3.8, 4) is 0 Å². The van der Waals surface area contributed by atoms with E-state index in [4.69, 9.17) is 5.11 Å².